The Hall–Kier alpha value is -1.69. The number of aromatic nitrogens is 3. The zero-order valence-electron chi connectivity index (χ0n) is 11.0. The lowest BCUT2D eigenvalue weighted by molar-refractivity contribution is 0.0901. The van der Waals surface area contributed by atoms with Crippen LogP contribution in [0, 0.1) is 6.92 Å². The first-order valence-electron chi connectivity index (χ1n) is 5.86. The fourth-order valence-corrected chi connectivity index (χ4v) is 1.99. The summed E-state index contributed by atoms with van der Waals surface area (Å²) in [5.41, 5.74) is 0.517. The molecule has 0 bridgehead atoms. The average molecular weight is 323 g/mol. The van der Waals surface area contributed by atoms with Crippen LogP contribution in [0.25, 0.3) is 0 Å². The van der Waals surface area contributed by atoms with Crippen LogP contribution < -0.4 is 5.32 Å². The second-order valence-electron chi connectivity index (χ2n) is 4.83. The van der Waals surface area contributed by atoms with E-state index in [9.17, 15) is 4.79 Å². The van der Waals surface area contributed by atoms with E-state index in [1.807, 2.05) is 38.1 Å². The van der Waals surface area contributed by atoms with Crippen molar-refractivity contribution in [1.29, 1.82) is 0 Å². The van der Waals surface area contributed by atoms with Crippen molar-refractivity contribution in [2.24, 2.45) is 0 Å². The summed E-state index contributed by atoms with van der Waals surface area (Å²) in [5, 5.41) is 9.43. The lowest BCUT2D eigenvalue weighted by atomic mass is 9.94. The molecule has 0 aliphatic carbocycles. The average Bonchev–Trinajstić information content (AvgIpc) is 2.76. The monoisotopic (exact) mass is 322 g/mol. The molecule has 0 aliphatic heterocycles. The highest BCUT2D eigenvalue weighted by molar-refractivity contribution is 9.10. The van der Waals surface area contributed by atoms with Gasteiger partial charge in [-0.05, 0) is 38.5 Å². The van der Waals surface area contributed by atoms with Crippen molar-refractivity contribution >= 4 is 21.8 Å². The molecule has 0 spiro atoms. The smallest absolute Gasteiger partial charge is 0.291 e. The molecule has 19 heavy (non-hydrogen) atoms. The first-order valence-corrected chi connectivity index (χ1v) is 6.65. The first-order chi connectivity index (χ1) is 8.88. The molecule has 5 nitrogen and oxygen atoms in total. The maximum Gasteiger partial charge on any atom is 0.291 e. The van der Waals surface area contributed by atoms with Crippen LogP contribution in [0.15, 0.2) is 28.7 Å². The molecule has 1 aromatic carbocycles. The minimum absolute atomic E-state index is 0.155. The van der Waals surface area contributed by atoms with Gasteiger partial charge in [0.2, 0.25) is 5.82 Å². The molecular weight excluding hydrogens is 308 g/mol. The van der Waals surface area contributed by atoms with Gasteiger partial charge in [0.25, 0.3) is 5.91 Å². The highest BCUT2D eigenvalue weighted by Gasteiger charge is 2.25. The number of hydrogen-bond donors (Lipinski definition) is 2. The summed E-state index contributed by atoms with van der Waals surface area (Å²) < 4.78 is 1.00. The second-order valence-corrected chi connectivity index (χ2v) is 5.75. The van der Waals surface area contributed by atoms with E-state index in [0.717, 1.165) is 10.0 Å². The molecule has 0 saturated heterocycles. The van der Waals surface area contributed by atoms with E-state index in [4.69, 9.17) is 0 Å². The van der Waals surface area contributed by atoms with Crippen LogP contribution in [-0.4, -0.2) is 21.1 Å². The third-order valence-electron chi connectivity index (χ3n) is 2.79. The lowest BCUT2D eigenvalue weighted by Gasteiger charge is -2.26. The molecule has 100 valence electrons. The van der Waals surface area contributed by atoms with Crippen LogP contribution >= 0.6 is 15.9 Å². The molecule has 1 amide bonds. The summed E-state index contributed by atoms with van der Waals surface area (Å²) in [6, 6.07) is 7.82. The van der Waals surface area contributed by atoms with Crippen molar-refractivity contribution in [2.45, 2.75) is 26.3 Å². The van der Waals surface area contributed by atoms with Gasteiger partial charge in [-0.2, -0.15) is 0 Å². The third kappa shape index (κ3) is 3.20. The van der Waals surface area contributed by atoms with Gasteiger partial charge >= 0.3 is 0 Å². The SMILES string of the molecule is Cc1nc(C(=O)NC(C)(C)c2ccc(Br)cc2)n[nH]1. The lowest BCUT2D eigenvalue weighted by Crippen LogP contribution is -2.41. The highest BCUT2D eigenvalue weighted by Crippen LogP contribution is 2.22. The van der Waals surface area contributed by atoms with Crippen molar-refractivity contribution in [3.05, 3.63) is 46.0 Å². The van der Waals surface area contributed by atoms with Crippen LogP contribution in [0.5, 0.6) is 0 Å². The van der Waals surface area contributed by atoms with Crippen LogP contribution in [0.4, 0.5) is 0 Å². The van der Waals surface area contributed by atoms with Crippen LogP contribution in [0.1, 0.15) is 35.9 Å². The van der Waals surface area contributed by atoms with Gasteiger partial charge < -0.3 is 5.32 Å². The number of rotatable bonds is 3. The molecular formula is C13H15BrN4O. The minimum Gasteiger partial charge on any atom is -0.340 e. The Bertz CT molecular complexity index is 589. The van der Waals surface area contributed by atoms with E-state index in [1.54, 1.807) is 6.92 Å². The fourth-order valence-electron chi connectivity index (χ4n) is 1.72. The Kier molecular flexibility index (Phi) is 3.71. The number of hydrogen-bond acceptors (Lipinski definition) is 3. The van der Waals surface area contributed by atoms with E-state index in [0.29, 0.717) is 5.82 Å². The number of carbonyl (C=O) groups is 1. The van der Waals surface area contributed by atoms with Crippen molar-refractivity contribution < 1.29 is 4.79 Å². The maximum absolute atomic E-state index is 12.0. The standard InChI is InChI=1S/C13H15BrN4O/c1-8-15-11(18-17-8)12(19)16-13(2,3)9-4-6-10(14)7-5-9/h4-7H,1-3H3,(H,16,19)(H,15,17,18). The quantitative estimate of drug-likeness (QED) is 0.912. The Morgan fingerprint density at radius 1 is 1.32 bits per heavy atom. The topological polar surface area (TPSA) is 70.7 Å². The predicted molar refractivity (Wildman–Crippen MR) is 75.8 cm³/mol. The van der Waals surface area contributed by atoms with E-state index in [2.05, 4.69) is 36.4 Å². The summed E-state index contributed by atoms with van der Waals surface area (Å²) in [5.74, 6) is 0.478. The molecule has 1 heterocycles. The summed E-state index contributed by atoms with van der Waals surface area (Å²) in [6.07, 6.45) is 0. The number of nitrogens with one attached hydrogen (secondary N) is 2. The Morgan fingerprint density at radius 2 is 1.95 bits per heavy atom. The number of amides is 1. The number of aromatic amines is 1. The van der Waals surface area contributed by atoms with E-state index < -0.39 is 5.54 Å². The van der Waals surface area contributed by atoms with Gasteiger partial charge in [-0.3, -0.25) is 9.89 Å². The van der Waals surface area contributed by atoms with Gasteiger partial charge in [0.15, 0.2) is 0 Å². The van der Waals surface area contributed by atoms with Gasteiger partial charge in [0, 0.05) is 4.47 Å². The van der Waals surface area contributed by atoms with Crippen LogP contribution in [-0.2, 0) is 5.54 Å². The van der Waals surface area contributed by atoms with Crippen molar-refractivity contribution in [3.8, 4) is 0 Å². The third-order valence-corrected chi connectivity index (χ3v) is 3.32. The van der Waals surface area contributed by atoms with Crippen molar-refractivity contribution in [1.82, 2.24) is 20.5 Å². The predicted octanol–water partition coefficient (Wildman–Crippen LogP) is 2.54. The zero-order chi connectivity index (χ0) is 14.0. The van der Waals surface area contributed by atoms with Crippen molar-refractivity contribution in [3.63, 3.8) is 0 Å². The zero-order valence-corrected chi connectivity index (χ0v) is 12.6. The Balaban J connectivity index is 2.17. The molecule has 0 radical (unpaired) electrons. The molecule has 0 aliphatic rings. The van der Waals surface area contributed by atoms with Gasteiger partial charge in [0.1, 0.15) is 5.82 Å². The Labute approximate surface area is 120 Å². The van der Waals surface area contributed by atoms with Crippen LogP contribution in [0.2, 0.25) is 0 Å². The number of aryl methyl sites for hydroxylation is 1. The van der Waals surface area contributed by atoms with E-state index in [-0.39, 0.29) is 11.7 Å². The van der Waals surface area contributed by atoms with E-state index >= 15 is 0 Å². The number of carbonyl (C=O) groups excluding carboxylic acids is 1. The number of halogens is 1. The number of nitrogens with zero attached hydrogens (tertiary/aromatic N) is 2. The molecule has 6 heteroatoms. The van der Waals surface area contributed by atoms with Gasteiger partial charge in [-0.25, -0.2) is 4.98 Å². The fraction of sp³-hybridized carbons (Fsp3) is 0.308. The Morgan fingerprint density at radius 3 is 2.47 bits per heavy atom. The second kappa shape index (κ2) is 5.13. The van der Waals surface area contributed by atoms with Gasteiger partial charge in [-0.15, -0.1) is 5.10 Å². The first kappa shape index (κ1) is 13.7. The normalized spacial score (nSPS) is 11.4. The largest absolute Gasteiger partial charge is 0.340 e. The molecule has 0 fully saturated rings. The molecule has 2 rings (SSSR count). The summed E-state index contributed by atoms with van der Waals surface area (Å²) in [6.45, 7) is 5.63. The molecule has 0 atom stereocenters. The molecule has 1 aromatic heterocycles. The summed E-state index contributed by atoms with van der Waals surface area (Å²) in [4.78, 5) is 16.1. The molecule has 0 unspecified atom stereocenters. The molecule has 2 aromatic rings. The van der Waals surface area contributed by atoms with Crippen molar-refractivity contribution in [2.75, 3.05) is 0 Å². The number of benzene rings is 1. The highest BCUT2D eigenvalue weighted by atomic mass is 79.9. The number of H-pyrrole nitrogens is 1. The van der Waals surface area contributed by atoms with Gasteiger partial charge in [0.05, 0.1) is 5.54 Å². The summed E-state index contributed by atoms with van der Waals surface area (Å²) >= 11 is 3.39. The summed E-state index contributed by atoms with van der Waals surface area (Å²) in [7, 11) is 0. The molecule has 0 saturated carbocycles. The minimum atomic E-state index is -0.494. The van der Waals surface area contributed by atoms with E-state index in [1.165, 1.54) is 0 Å². The maximum atomic E-state index is 12.0. The molecule has 2 N–H and O–H groups in total. The van der Waals surface area contributed by atoms with Gasteiger partial charge in [-0.1, -0.05) is 28.1 Å². The van der Waals surface area contributed by atoms with Crippen LogP contribution in [0.3, 0.4) is 0 Å².